The van der Waals surface area contributed by atoms with Gasteiger partial charge in [0.05, 0.1) is 46.5 Å². The van der Waals surface area contributed by atoms with Crippen molar-refractivity contribution in [2.24, 2.45) is 11.8 Å². The topological polar surface area (TPSA) is 90.4 Å². The third-order valence-electron chi connectivity index (χ3n) is 9.93. The van der Waals surface area contributed by atoms with Crippen LogP contribution in [0.4, 0.5) is 11.4 Å². The molecule has 8 nitrogen and oxygen atoms in total. The van der Waals surface area contributed by atoms with Gasteiger partial charge in [0.25, 0.3) is 5.91 Å². The Bertz CT molecular complexity index is 1700. The summed E-state index contributed by atoms with van der Waals surface area (Å²) in [6.07, 6.45) is 4.95. The third kappa shape index (κ3) is 6.28. The van der Waals surface area contributed by atoms with Gasteiger partial charge in [0.15, 0.2) is 0 Å². The van der Waals surface area contributed by atoms with Crippen LogP contribution in [0.3, 0.4) is 0 Å². The van der Waals surface area contributed by atoms with Crippen LogP contribution in [0.2, 0.25) is 5.02 Å². The minimum atomic E-state index is -0.937. The number of thioether (sulfide) groups is 1. The highest BCUT2D eigenvalue weighted by Crippen LogP contribution is 2.67. The predicted molar refractivity (Wildman–Crippen MR) is 196 cm³/mol. The summed E-state index contributed by atoms with van der Waals surface area (Å²) in [5, 5.41) is 11.1. The second-order valence-electron chi connectivity index (χ2n) is 12.7. The van der Waals surface area contributed by atoms with Crippen LogP contribution in [-0.2, 0) is 20.8 Å². The van der Waals surface area contributed by atoms with Crippen LogP contribution in [-0.4, -0.2) is 76.1 Å². The number of carbonyl (C=O) groups excluding carboxylic acids is 3. The first-order valence-electron chi connectivity index (χ1n) is 16.8. The van der Waals surface area contributed by atoms with Crippen molar-refractivity contribution in [1.29, 1.82) is 0 Å². The van der Waals surface area contributed by atoms with Crippen molar-refractivity contribution >= 4 is 52.5 Å². The molecule has 3 aromatic carbocycles. The Morgan fingerprint density at radius 2 is 1.69 bits per heavy atom. The molecule has 0 saturated carbocycles. The lowest BCUT2D eigenvalue weighted by molar-refractivity contribution is -0.141. The number of hydrogen-bond acceptors (Lipinski definition) is 6. The fourth-order valence-electron chi connectivity index (χ4n) is 7.96. The van der Waals surface area contributed by atoms with Crippen molar-refractivity contribution in [3.8, 4) is 5.75 Å². The zero-order valence-electron chi connectivity index (χ0n) is 27.6. The van der Waals surface area contributed by atoms with E-state index in [1.165, 1.54) is 0 Å². The molecule has 3 aliphatic rings. The minimum absolute atomic E-state index is 0.149. The number of fused-ring (bicyclic) bond motifs is 1. The van der Waals surface area contributed by atoms with Crippen molar-refractivity contribution < 1.29 is 24.2 Å². The molecule has 2 unspecified atom stereocenters. The Morgan fingerprint density at radius 1 is 1.02 bits per heavy atom. The highest BCUT2D eigenvalue weighted by Gasteiger charge is 2.74. The van der Waals surface area contributed by atoms with Crippen LogP contribution in [0.5, 0.6) is 5.75 Å². The van der Waals surface area contributed by atoms with Crippen LogP contribution in [0.15, 0.2) is 104 Å². The number of rotatable bonds is 14. The van der Waals surface area contributed by atoms with E-state index in [1.54, 1.807) is 56.8 Å². The average molecular weight is 700 g/mol. The van der Waals surface area contributed by atoms with E-state index in [0.29, 0.717) is 48.0 Å². The molecule has 49 heavy (non-hydrogen) atoms. The number of halogens is 1. The molecule has 3 fully saturated rings. The molecule has 1 spiro atoms. The predicted octanol–water partition coefficient (Wildman–Crippen LogP) is 6.17. The number of para-hydroxylation sites is 1. The number of aliphatic hydroxyl groups excluding tert-OH is 1. The minimum Gasteiger partial charge on any atom is -0.494 e. The monoisotopic (exact) mass is 699 g/mol. The van der Waals surface area contributed by atoms with Crippen LogP contribution < -0.4 is 14.5 Å². The quantitative estimate of drug-likeness (QED) is 0.203. The summed E-state index contributed by atoms with van der Waals surface area (Å²) < 4.78 is 4.75. The summed E-state index contributed by atoms with van der Waals surface area (Å²) in [5.74, 6) is -1.47. The Kier molecular flexibility index (Phi) is 10.5. The summed E-state index contributed by atoms with van der Waals surface area (Å²) in [5.41, 5.74) is 2.13. The molecular formula is C39H42ClN3O5S. The third-order valence-corrected chi connectivity index (χ3v) is 12.2. The molecule has 2 bridgehead atoms. The number of likely N-dealkylation sites (tertiary alicyclic amines) is 1. The molecule has 3 aromatic rings. The fraction of sp³-hybridized carbons (Fsp3) is 0.359. The normalized spacial score (nSPS) is 24.3. The summed E-state index contributed by atoms with van der Waals surface area (Å²) in [7, 11) is 0. The lowest BCUT2D eigenvalue weighted by Gasteiger charge is -2.40. The van der Waals surface area contributed by atoms with Gasteiger partial charge in [-0.15, -0.1) is 24.9 Å². The Morgan fingerprint density at radius 3 is 2.35 bits per heavy atom. The lowest BCUT2D eigenvalue weighted by atomic mass is 9.70. The highest BCUT2D eigenvalue weighted by molar-refractivity contribution is 8.02. The molecule has 10 heteroatoms. The maximum atomic E-state index is 15.1. The highest BCUT2D eigenvalue weighted by atomic mass is 35.5. The van der Waals surface area contributed by atoms with E-state index >= 15 is 4.79 Å². The standard InChI is InChI=1S/C39H42ClN3O5S/c1-4-22-41(27-16-18-29(19-17-27)48-6-3)36(45)33-32-20-21-39(49-32)34(33)37(46)43(28(25-44)24-26-12-8-7-9-13-26)35(39)38(47)42(23-5-2)31-15-11-10-14-30(31)40/h4-5,7-19,28,32-35,44H,1-2,6,20-25H2,3H3/t28-,32-,33+,34+,35?,39?/m1/s1. The largest absolute Gasteiger partial charge is 0.494 e. The second kappa shape index (κ2) is 14.8. The van der Waals surface area contributed by atoms with Gasteiger partial charge < -0.3 is 24.5 Å². The maximum absolute atomic E-state index is 15.1. The first-order valence-corrected chi connectivity index (χ1v) is 18.0. The first-order chi connectivity index (χ1) is 23.8. The van der Waals surface area contributed by atoms with Crippen LogP contribution in [0.1, 0.15) is 25.3 Å². The zero-order chi connectivity index (χ0) is 34.7. The lowest BCUT2D eigenvalue weighted by Crippen LogP contribution is -2.58. The number of carbonyl (C=O) groups is 3. The number of aliphatic hydroxyl groups is 1. The van der Waals surface area contributed by atoms with Gasteiger partial charge in [-0.05, 0) is 68.1 Å². The van der Waals surface area contributed by atoms with Gasteiger partial charge in [0.2, 0.25) is 11.8 Å². The van der Waals surface area contributed by atoms with E-state index in [9.17, 15) is 14.7 Å². The Labute approximate surface area is 297 Å². The van der Waals surface area contributed by atoms with E-state index in [-0.39, 0.29) is 42.7 Å². The van der Waals surface area contributed by atoms with Crippen molar-refractivity contribution in [2.45, 2.75) is 48.3 Å². The van der Waals surface area contributed by atoms with Gasteiger partial charge >= 0.3 is 0 Å². The van der Waals surface area contributed by atoms with E-state index < -0.39 is 28.7 Å². The second-order valence-corrected chi connectivity index (χ2v) is 14.7. The maximum Gasteiger partial charge on any atom is 0.251 e. The van der Waals surface area contributed by atoms with E-state index in [4.69, 9.17) is 16.3 Å². The van der Waals surface area contributed by atoms with Crippen molar-refractivity contribution in [3.05, 3.63) is 115 Å². The van der Waals surface area contributed by atoms with E-state index in [1.807, 2.05) is 67.6 Å². The van der Waals surface area contributed by atoms with E-state index in [2.05, 4.69) is 13.2 Å². The van der Waals surface area contributed by atoms with Gasteiger partial charge in [-0.3, -0.25) is 14.4 Å². The molecule has 256 valence electrons. The molecule has 3 heterocycles. The SMILES string of the molecule is C=CCN(C(=O)[C@@H]1[C@H]2C(=O)N([C@@H](CO)Cc3ccccc3)C(C(=O)N(CC=C)c3ccccc3Cl)C23CC[C@H]1S3)c1ccc(OCC)cc1. The summed E-state index contributed by atoms with van der Waals surface area (Å²) in [6.45, 7) is 10.3. The van der Waals surface area contributed by atoms with Crippen molar-refractivity contribution in [1.82, 2.24) is 4.90 Å². The van der Waals surface area contributed by atoms with Crippen molar-refractivity contribution in [2.75, 3.05) is 36.1 Å². The van der Waals surface area contributed by atoms with Crippen LogP contribution in [0, 0.1) is 11.8 Å². The molecule has 0 radical (unpaired) electrons. The van der Waals surface area contributed by atoms with Gasteiger partial charge in [0.1, 0.15) is 11.8 Å². The molecule has 0 aliphatic carbocycles. The Hall–Kier alpha value is -4.05. The molecule has 6 atom stereocenters. The number of hydrogen-bond donors (Lipinski definition) is 1. The van der Waals surface area contributed by atoms with Gasteiger partial charge in [0, 0.05) is 24.0 Å². The van der Waals surface area contributed by atoms with Crippen molar-refractivity contribution in [3.63, 3.8) is 0 Å². The molecular weight excluding hydrogens is 658 g/mol. The zero-order valence-corrected chi connectivity index (χ0v) is 29.2. The molecule has 3 aliphatic heterocycles. The van der Waals surface area contributed by atoms with Gasteiger partial charge in [-0.2, -0.15) is 0 Å². The fourth-order valence-corrected chi connectivity index (χ4v) is 10.4. The molecule has 0 aromatic heterocycles. The van der Waals surface area contributed by atoms with Gasteiger partial charge in [-0.1, -0.05) is 66.2 Å². The van der Waals surface area contributed by atoms with Crippen LogP contribution in [0.25, 0.3) is 0 Å². The Balaban J connectivity index is 1.43. The number of amides is 3. The number of ether oxygens (including phenoxy) is 1. The summed E-state index contributed by atoms with van der Waals surface area (Å²) >= 11 is 8.25. The number of benzene rings is 3. The number of nitrogens with zero attached hydrogens (tertiary/aromatic N) is 3. The summed E-state index contributed by atoms with van der Waals surface area (Å²) in [4.78, 5) is 49.7. The van der Waals surface area contributed by atoms with E-state index in [0.717, 1.165) is 5.56 Å². The van der Waals surface area contributed by atoms with Gasteiger partial charge in [-0.25, -0.2) is 0 Å². The smallest absolute Gasteiger partial charge is 0.251 e. The molecule has 1 N–H and O–H groups in total. The molecule has 6 rings (SSSR count). The average Bonchev–Trinajstić information content (AvgIpc) is 3.77. The number of anilines is 2. The van der Waals surface area contributed by atoms with Crippen LogP contribution >= 0.6 is 23.4 Å². The summed E-state index contributed by atoms with van der Waals surface area (Å²) in [6, 6.07) is 22.5. The first kappa shape index (κ1) is 34.8. The molecule has 3 amide bonds. The molecule has 3 saturated heterocycles.